The van der Waals surface area contributed by atoms with Crippen LogP contribution in [-0.2, 0) is 18.6 Å². The minimum Gasteiger partial charge on any atom is -0.269 e. The van der Waals surface area contributed by atoms with E-state index < -0.39 is 0 Å². The number of hydrogen-bond acceptors (Lipinski definition) is 7. The Labute approximate surface area is 184 Å². The molecule has 0 saturated heterocycles. The van der Waals surface area contributed by atoms with Gasteiger partial charge in [0.1, 0.15) is 16.2 Å². The molecule has 0 spiro atoms. The molecular weight excluding hydrogens is 432 g/mol. The van der Waals surface area contributed by atoms with Crippen LogP contribution in [0.4, 0.5) is 0 Å². The van der Waals surface area contributed by atoms with Gasteiger partial charge < -0.3 is 0 Å². The minimum absolute atomic E-state index is 0.0252. The fourth-order valence-electron chi connectivity index (χ4n) is 4.20. The molecule has 150 valence electrons. The largest absolute Gasteiger partial charge is 0.269 e. The number of thioether (sulfide) groups is 1. The third kappa shape index (κ3) is 2.97. The normalized spacial score (nSPS) is 16.5. The van der Waals surface area contributed by atoms with Crippen molar-refractivity contribution in [3.05, 3.63) is 63.1 Å². The zero-order chi connectivity index (χ0) is 20.2. The van der Waals surface area contributed by atoms with Crippen LogP contribution in [-0.4, -0.2) is 19.4 Å². The zero-order valence-corrected chi connectivity index (χ0v) is 18.7. The van der Waals surface area contributed by atoms with Crippen molar-refractivity contribution in [2.75, 3.05) is 0 Å². The Morgan fingerprint density at radius 3 is 3.07 bits per heavy atom. The van der Waals surface area contributed by atoms with E-state index in [4.69, 9.17) is 4.98 Å². The highest BCUT2D eigenvalue weighted by molar-refractivity contribution is 7.98. The number of thiophene rings is 1. The van der Waals surface area contributed by atoms with Crippen LogP contribution in [0, 0.1) is 5.92 Å². The molecule has 1 aromatic carbocycles. The van der Waals surface area contributed by atoms with Gasteiger partial charge in [-0.1, -0.05) is 42.2 Å². The lowest BCUT2D eigenvalue weighted by molar-refractivity contribution is 0.509. The Morgan fingerprint density at radius 2 is 2.13 bits per heavy atom. The predicted octanol–water partition coefficient (Wildman–Crippen LogP) is 5.33. The first kappa shape index (κ1) is 18.5. The van der Waals surface area contributed by atoms with Crippen LogP contribution in [0.3, 0.4) is 0 Å². The smallest absolute Gasteiger partial charge is 0.259 e. The SMILES string of the molecule is C[C@H]1CCc2c(sc3ncnc(SCc4cc(=O)n5c(n4)sc4ccccc45)c23)C1. The fraction of sp³-hybridized carbons (Fsp3) is 0.273. The van der Waals surface area contributed by atoms with Crippen molar-refractivity contribution in [3.63, 3.8) is 0 Å². The fourth-order valence-corrected chi connectivity index (χ4v) is 7.58. The van der Waals surface area contributed by atoms with Crippen LogP contribution >= 0.6 is 34.4 Å². The molecule has 0 amide bonds. The van der Waals surface area contributed by atoms with E-state index >= 15 is 0 Å². The summed E-state index contributed by atoms with van der Waals surface area (Å²) in [5.74, 6) is 1.35. The molecule has 6 rings (SSSR count). The molecule has 1 atom stereocenters. The molecule has 4 heterocycles. The second kappa shape index (κ2) is 7.14. The summed E-state index contributed by atoms with van der Waals surface area (Å²) < 4.78 is 2.77. The summed E-state index contributed by atoms with van der Waals surface area (Å²) in [6, 6.07) is 9.59. The second-order valence-corrected chi connectivity index (χ2v) is 10.8. The lowest BCUT2D eigenvalue weighted by Crippen LogP contribution is -2.13. The predicted molar refractivity (Wildman–Crippen MR) is 125 cm³/mol. The molecule has 0 fully saturated rings. The Morgan fingerprint density at radius 1 is 1.23 bits per heavy atom. The van der Waals surface area contributed by atoms with Gasteiger partial charge in [-0.05, 0) is 42.9 Å². The molecule has 1 aliphatic carbocycles. The molecule has 30 heavy (non-hydrogen) atoms. The van der Waals surface area contributed by atoms with Gasteiger partial charge in [-0.3, -0.25) is 9.20 Å². The van der Waals surface area contributed by atoms with E-state index in [0.717, 1.165) is 49.5 Å². The van der Waals surface area contributed by atoms with E-state index in [1.165, 1.54) is 22.2 Å². The number of thiazole rings is 1. The molecule has 0 bridgehead atoms. The summed E-state index contributed by atoms with van der Waals surface area (Å²) >= 11 is 5.02. The van der Waals surface area contributed by atoms with Crippen LogP contribution in [0.1, 0.15) is 29.5 Å². The van der Waals surface area contributed by atoms with Crippen LogP contribution in [0.25, 0.3) is 25.4 Å². The molecule has 0 aliphatic heterocycles. The highest BCUT2D eigenvalue weighted by Crippen LogP contribution is 2.41. The average molecular weight is 451 g/mol. The maximum Gasteiger partial charge on any atom is 0.259 e. The van der Waals surface area contributed by atoms with E-state index in [1.54, 1.807) is 39.9 Å². The number of fused-ring (bicyclic) bond motifs is 6. The minimum atomic E-state index is -0.0252. The van der Waals surface area contributed by atoms with E-state index in [0.29, 0.717) is 5.75 Å². The van der Waals surface area contributed by atoms with Crippen molar-refractivity contribution in [2.45, 2.75) is 37.0 Å². The third-order valence-corrected chi connectivity index (χ3v) is 8.87. The van der Waals surface area contributed by atoms with E-state index in [-0.39, 0.29) is 5.56 Å². The van der Waals surface area contributed by atoms with Crippen molar-refractivity contribution in [1.29, 1.82) is 0 Å². The quantitative estimate of drug-likeness (QED) is 0.275. The van der Waals surface area contributed by atoms with Gasteiger partial charge in [0, 0.05) is 22.1 Å². The van der Waals surface area contributed by atoms with Crippen LogP contribution in [0.15, 0.2) is 46.5 Å². The van der Waals surface area contributed by atoms with Gasteiger partial charge >= 0.3 is 0 Å². The molecule has 0 unspecified atom stereocenters. The van der Waals surface area contributed by atoms with Crippen molar-refractivity contribution in [3.8, 4) is 0 Å². The second-order valence-electron chi connectivity index (χ2n) is 7.77. The molecule has 0 N–H and O–H groups in total. The maximum absolute atomic E-state index is 12.8. The zero-order valence-electron chi connectivity index (χ0n) is 16.3. The van der Waals surface area contributed by atoms with Gasteiger partial charge in [0.05, 0.1) is 15.9 Å². The number of aromatic nitrogens is 4. The Hall–Kier alpha value is -2.29. The molecule has 1 aliphatic rings. The molecule has 4 aromatic heterocycles. The Kier molecular flexibility index (Phi) is 4.40. The van der Waals surface area contributed by atoms with Gasteiger partial charge in [0.2, 0.25) is 0 Å². The molecule has 5 nitrogen and oxygen atoms in total. The summed E-state index contributed by atoms with van der Waals surface area (Å²) in [7, 11) is 0. The van der Waals surface area contributed by atoms with Crippen LogP contribution in [0.2, 0.25) is 0 Å². The summed E-state index contributed by atoms with van der Waals surface area (Å²) in [5.41, 5.74) is 3.12. The molecular formula is C22H18N4OS3. The van der Waals surface area contributed by atoms with Crippen molar-refractivity contribution >= 4 is 59.8 Å². The van der Waals surface area contributed by atoms with Gasteiger partial charge in [0.25, 0.3) is 5.56 Å². The van der Waals surface area contributed by atoms with Gasteiger partial charge in [-0.25, -0.2) is 15.0 Å². The molecule has 5 aromatic rings. The lowest BCUT2D eigenvalue weighted by Gasteiger charge is -2.18. The first-order valence-electron chi connectivity index (χ1n) is 9.95. The third-order valence-electron chi connectivity index (χ3n) is 5.66. The summed E-state index contributed by atoms with van der Waals surface area (Å²) in [5, 5.41) is 2.22. The van der Waals surface area contributed by atoms with Crippen LogP contribution < -0.4 is 5.56 Å². The average Bonchev–Trinajstić information content (AvgIpc) is 3.30. The van der Waals surface area contributed by atoms with E-state index in [2.05, 4.69) is 16.9 Å². The molecule has 0 radical (unpaired) electrons. The van der Waals surface area contributed by atoms with Gasteiger partial charge in [-0.2, -0.15) is 0 Å². The topological polar surface area (TPSA) is 60.2 Å². The van der Waals surface area contributed by atoms with Crippen molar-refractivity contribution in [2.24, 2.45) is 5.92 Å². The number of rotatable bonds is 3. The first-order chi connectivity index (χ1) is 14.7. The molecule has 0 saturated carbocycles. The highest BCUT2D eigenvalue weighted by Gasteiger charge is 2.23. The maximum atomic E-state index is 12.8. The Balaban J connectivity index is 1.37. The van der Waals surface area contributed by atoms with Crippen LogP contribution in [0.5, 0.6) is 0 Å². The highest BCUT2D eigenvalue weighted by atomic mass is 32.2. The van der Waals surface area contributed by atoms with E-state index in [9.17, 15) is 4.79 Å². The lowest BCUT2D eigenvalue weighted by atomic mass is 9.89. The molecule has 8 heteroatoms. The first-order valence-corrected chi connectivity index (χ1v) is 12.6. The van der Waals surface area contributed by atoms with E-state index in [1.807, 2.05) is 35.6 Å². The number of hydrogen-bond donors (Lipinski definition) is 0. The van der Waals surface area contributed by atoms with Crippen molar-refractivity contribution < 1.29 is 0 Å². The summed E-state index contributed by atoms with van der Waals surface area (Å²) in [6.45, 7) is 2.32. The number of nitrogens with zero attached hydrogens (tertiary/aromatic N) is 4. The number of aryl methyl sites for hydroxylation is 1. The standard InChI is InChI=1S/C22H18N4OS3/c1-12-6-7-14-17(8-12)29-21-19(14)20(23-11-24-21)28-10-13-9-18(27)26-15-4-2-3-5-16(15)30-22(26)25-13/h2-5,9,11-12H,6-8,10H2,1H3/t12-/m0/s1. The number of para-hydroxylation sites is 1. The summed E-state index contributed by atoms with van der Waals surface area (Å²) in [6.07, 6.45) is 5.12. The monoisotopic (exact) mass is 450 g/mol. The van der Waals surface area contributed by atoms with Gasteiger partial charge in [0.15, 0.2) is 4.96 Å². The number of benzene rings is 1. The Bertz CT molecular complexity index is 1480. The summed E-state index contributed by atoms with van der Waals surface area (Å²) in [4.78, 5) is 30.0. The van der Waals surface area contributed by atoms with Gasteiger partial charge in [-0.15, -0.1) is 11.3 Å². The van der Waals surface area contributed by atoms with Crippen molar-refractivity contribution in [1.82, 2.24) is 19.4 Å².